The number of carbonyl (C=O) groups excluding carboxylic acids is 2. The summed E-state index contributed by atoms with van der Waals surface area (Å²) in [6, 6.07) is 19.2. The Morgan fingerprint density at radius 1 is 0.805 bits per heavy atom. The van der Waals surface area contributed by atoms with E-state index in [0.717, 1.165) is 44.0 Å². The van der Waals surface area contributed by atoms with Crippen LogP contribution in [0, 0.1) is 26.6 Å². The van der Waals surface area contributed by atoms with Gasteiger partial charge in [-0.1, -0.05) is 66.2 Å². The molecule has 0 aliphatic carbocycles. The zero-order valence-electron chi connectivity index (χ0n) is 46.4. The van der Waals surface area contributed by atoms with Crippen LogP contribution in [0.3, 0.4) is 0 Å². The van der Waals surface area contributed by atoms with Gasteiger partial charge in [0.05, 0.1) is 96.4 Å². The molecule has 23 heteroatoms. The van der Waals surface area contributed by atoms with E-state index < -0.39 is 11.9 Å². The van der Waals surface area contributed by atoms with Crippen LogP contribution in [0.25, 0.3) is 37.8 Å². The topological polar surface area (TPSA) is 200 Å². The molecule has 1 unspecified atom stereocenters. The molecule has 7 aromatic rings. The number of aromatic nitrogens is 5. The molecule has 0 spiro atoms. The highest BCUT2D eigenvalue weighted by molar-refractivity contribution is 7.15. The lowest BCUT2D eigenvalue weighted by Crippen LogP contribution is -2.48. The summed E-state index contributed by atoms with van der Waals surface area (Å²) in [6.07, 6.45) is 1.39. The normalized spacial score (nSPS) is 14.2. The number of aryl methyl sites for hydroxylation is 2. The lowest BCUT2D eigenvalue weighted by atomic mass is 9.96. The van der Waals surface area contributed by atoms with Crippen molar-refractivity contribution in [2.75, 3.05) is 135 Å². The number of carbonyl (C=O) groups is 2. The molecule has 0 bridgehead atoms. The molecule has 5 heterocycles. The van der Waals surface area contributed by atoms with E-state index in [0.29, 0.717) is 146 Å². The Kier molecular flexibility index (Phi) is 20.9. The van der Waals surface area contributed by atoms with Gasteiger partial charge in [-0.15, -0.1) is 21.5 Å². The zero-order valence-corrected chi connectivity index (χ0v) is 48.8. The van der Waals surface area contributed by atoms with Crippen LogP contribution in [0.5, 0.6) is 5.75 Å². The van der Waals surface area contributed by atoms with Gasteiger partial charge in [-0.2, -0.15) is 4.98 Å². The van der Waals surface area contributed by atoms with Crippen molar-refractivity contribution in [2.24, 2.45) is 4.99 Å². The molecule has 9 rings (SSSR count). The average molecular weight is 1180 g/mol. The monoisotopic (exact) mass is 1180 g/mol. The summed E-state index contributed by atoms with van der Waals surface area (Å²) in [5.41, 5.74) is 4.48. The maximum atomic E-state index is 17.0. The summed E-state index contributed by atoms with van der Waals surface area (Å²) in [7, 11) is 1.81. The van der Waals surface area contributed by atoms with Crippen molar-refractivity contribution >= 4 is 85.5 Å². The van der Waals surface area contributed by atoms with E-state index in [1.807, 2.05) is 72.0 Å². The Hall–Kier alpha value is -6.66. The number of hydrogen-bond donors (Lipinski definition) is 2. The molecular formula is C59H67Cl2FN10O9S. The number of piperazine rings is 1. The predicted octanol–water partition coefficient (Wildman–Crippen LogP) is 8.64. The van der Waals surface area contributed by atoms with E-state index in [1.165, 1.54) is 17.0 Å². The van der Waals surface area contributed by atoms with Crippen molar-refractivity contribution in [3.63, 3.8) is 0 Å². The van der Waals surface area contributed by atoms with E-state index in [2.05, 4.69) is 35.9 Å². The van der Waals surface area contributed by atoms with Gasteiger partial charge in [0, 0.05) is 78.3 Å². The third-order valence-electron chi connectivity index (χ3n) is 14.1. The number of aromatic hydroxyl groups is 1. The van der Waals surface area contributed by atoms with Crippen LogP contribution in [-0.4, -0.2) is 178 Å². The molecule has 434 valence electrons. The summed E-state index contributed by atoms with van der Waals surface area (Å²) in [6.45, 7) is 16.7. The predicted molar refractivity (Wildman–Crippen MR) is 317 cm³/mol. The fourth-order valence-corrected chi connectivity index (χ4v) is 11.4. The summed E-state index contributed by atoms with van der Waals surface area (Å²) < 4.78 is 53.2. The van der Waals surface area contributed by atoms with Gasteiger partial charge in [-0.25, -0.2) is 9.37 Å². The molecule has 82 heavy (non-hydrogen) atoms. The maximum absolute atomic E-state index is 17.0. The van der Waals surface area contributed by atoms with E-state index in [1.54, 1.807) is 33.3 Å². The fraction of sp³-hybridized carbons (Fsp3) is 0.407. The summed E-state index contributed by atoms with van der Waals surface area (Å²) >= 11 is 14.8. The first-order chi connectivity index (χ1) is 39.8. The number of rotatable bonds is 28. The fourth-order valence-electron chi connectivity index (χ4n) is 9.74. The number of benzene rings is 4. The molecular weight excluding hydrogens is 1110 g/mol. The van der Waals surface area contributed by atoms with Gasteiger partial charge in [0.15, 0.2) is 11.6 Å². The van der Waals surface area contributed by atoms with Crippen molar-refractivity contribution < 1.29 is 47.5 Å². The number of amides is 2. The van der Waals surface area contributed by atoms with Crippen molar-refractivity contribution in [2.45, 2.75) is 33.2 Å². The van der Waals surface area contributed by atoms with Crippen molar-refractivity contribution in [3.05, 3.63) is 128 Å². The number of phenols is 1. The Balaban J connectivity index is 0.631. The van der Waals surface area contributed by atoms with Gasteiger partial charge in [-0.05, 0) is 79.1 Å². The number of nitrogens with zero attached hydrogens (tertiary/aromatic N) is 9. The van der Waals surface area contributed by atoms with Crippen molar-refractivity contribution in [1.82, 2.24) is 34.9 Å². The third kappa shape index (κ3) is 14.4. The van der Waals surface area contributed by atoms with Gasteiger partial charge in [0.25, 0.3) is 0 Å². The van der Waals surface area contributed by atoms with Crippen LogP contribution in [-0.2, 0) is 38.0 Å². The van der Waals surface area contributed by atoms with Crippen LogP contribution in [0.4, 0.5) is 16.2 Å². The molecule has 2 N–H and O–H groups in total. The number of likely N-dealkylation sites (N-methyl/N-ethyl adjacent to an activating group) is 1. The van der Waals surface area contributed by atoms with Crippen LogP contribution in [0.2, 0.25) is 10.0 Å². The van der Waals surface area contributed by atoms with E-state index >= 15 is 4.39 Å². The quantitative estimate of drug-likeness (QED) is 0.0349. The molecule has 2 aliphatic rings. The minimum absolute atomic E-state index is 0.0198. The third-order valence-corrected chi connectivity index (χ3v) is 15.9. The number of ether oxygens (including phenoxy) is 6. The van der Waals surface area contributed by atoms with Gasteiger partial charge in [0.1, 0.15) is 34.0 Å². The second-order valence-corrected chi connectivity index (χ2v) is 21.6. The number of fused-ring (bicyclic) bond motifs is 5. The molecule has 2 aliphatic heterocycles. The number of hydrogen-bond acceptors (Lipinski definition) is 17. The summed E-state index contributed by atoms with van der Waals surface area (Å²) in [5, 5.41) is 26.1. The minimum atomic E-state index is -0.640. The largest absolute Gasteiger partial charge is 0.508 e. The molecule has 4 aromatic carbocycles. The van der Waals surface area contributed by atoms with Gasteiger partial charge < -0.3 is 53.5 Å². The smallest absolute Gasteiger partial charge is 0.246 e. The van der Waals surface area contributed by atoms with Crippen LogP contribution >= 0.6 is 34.5 Å². The molecule has 1 fully saturated rings. The summed E-state index contributed by atoms with van der Waals surface area (Å²) in [4.78, 5) is 47.2. The van der Waals surface area contributed by atoms with Gasteiger partial charge in [0.2, 0.25) is 17.8 Å². The number of nitrogens with one attached hydrogen (secondary N) is 1. The molecule has 1 saturated heterocycles. The first-order valence-electron chi connectivity index (χ1n) is 27.2. The Morgan fingerprint density at radius 3 is 2.10 bits per heavy atom. The highest BCUT2D eigenvalue weighted by Crippen LogP contribution is 2.43. The number of thiophene rings is 1. The summed E-state index contributed by atoms with van der Waals surface area (Å²) in [5.74, 6) is 1.14. The van der Waals surface area contributed by atoms with Crippen molar-refractivity contribution in [3.8, 4) is 21.9 Å². The van der Waals surface area contributed by atoms with Crippen LogP contribution < -0.4 is 15.1 Å². The van der Waals surface area contributed by atoms with Crippen LogP contribution in [0.15, 0.2) is 84.4 Å². The molecule has 0 saturated carbocycles. The van der Waals surface area contributed by atoms with Crippen molar-refractivity contribution in [1.29, 1.82) is 0 Å². The molecule has 3 aromatic heterocycles. The van der Waals surface area contributed by atoms with Gasteiger partial charge >= 0.3 is 0 Å². The second-order valence-electron chi connectivity index (χ2n) is 19.6. The van der Waals surface area contributed by atoms with E-state index in [9.17, 15) is 14.7 Å². The second kappa shape index (κ2) is 28.6. The standard InChI is InChI=1S/C59H67Cl2FN10O9S/c1-6-50(75)70-16-18-71(19-17-70)56-46-35-47(61)52(45-34-43(73)33-41-9-7-8-10-44(41)45)53(62)55(46)65-59(66-56)69(5)20-22-77-24-26-79-28-30-81-32-31-80-29-27-78-25-23-76-21-15-63-49(74)36-48-57-68-67-39(4)72(57)58-51(37(2)38(3)82-58)54(64-48)40-11-13-42(60)14-12-40/h6-14,33-35,48,73H,1,15-32,36H2,2-5H3,(H,63,74). The van der Waals surface area contributed by atoms with E-state index in [-0.39, 0.29) is 46.0 Å². The Bertz CT molecular complexity index is 3410. The lowest BCUT2D eigenvalue weighted by molar-refractivity contribution is -0.126. The molecule has 0 radical (unpaired) electrons. The average Bonchev–Trinajstić information content (AvgIpc) is 1.84. The number of halogens is 3. The number of aliphatic imine (C=N–C) groups is 1. The van der Waals surface area contributed by atoms with Gasteiger partial charge in [-0.3, -0.25) is 19.1 Å². The first kappa shape index (κ1) is 59.9. The van der Waals surface area contributed by atoms with Crippen LogP contribution in [0.1, 0.15) is 45.7 Å². The molecule has 19 nitrogen and oxygen atoms in total. The number of phenolic OH excluding ortho intramolecular Hbond substituents is 1. The Morgan fingerprint density at radius 2 is 1.44 bits per heavy atom. The first-order valence-corrected chi connectivity index (χ1v) is 28.8. The molecule has 2 amide bonds. The number of anilines is 2. The lowest BCUT2D eigenvalue weighted by Gasteiger charge is -2.35. The van der Waals surface area contributed by atoms with E-state index in [4.69, 9.17) is 66.6 Å². The highest BCUT2D eigenvalue weighted by atomic mass is 35.5. The molecule has 1 atom stereocenters. The highest BCUT2D eigenvalue weighted by Gasteiger charge is 2.33. The zero-order chi connectivity index (χ0) is 57.7. The SMILES string of the molecule is C=CC(=O)N1CCN(c2nc(N(C)CCOCCOCCOCCOCCOCCOCCNC(=O)CC3N=C(c4ccc(Cl)cc4)c4c(sc(C)c4C)-n4c(C)nnc43)nc3c(F)c(-c4cc(O)cc5ccccc45)c(Cl)cc23)CC1. The maximum Gasteiger partial charge on any atom is 0.246 e. The minimum Gasteiger partial charge on any atom is -0.508 e. The Labute approximate surface area is 489 Å².